The molecule has 0 amide bonds. The van der Waals surface area contributed by atoms with E-state index < -0.39 is 5.60 Å². The maximum atomic E-state index is 10.2. The molecule has 0 aromatic heterocycles. The molecule has 1 aromatic carbocycles. The van der Waals surface area contributed by atoms with Crippen LogP contribution in [-0.2, 0) is 12.0 Å². The first-order valence-electron chi connectivity index (χ1n) is 6.02. The summed E-state index contributed by atoms with van der Waals surface area (Å²) in [6.07, 6.45) is 1.69. The third kappa shape index (κ3) is 3.91. The average Bonchev–Trinajstić information content (AvgIpc) is 2.31. The van der Waals surface area contributed by atoms with Crippen molar-refractivity contribution in [3.8, 4) is 0 Å². The molecule has 1 unspecified atom stereocenters. The highest BCUT2D eigenvalue weighted by Crippen LogP contribution is 2.30. The zero-order chi connectivity index (χ0) is 12.8. The second kappa shape index (κ2) is 7.08. The molecule has 92 valence electrons. The van der Waals surface area contributed by atoms with Crippen LogP contribution in [0.5, 0.6) is 0 Å². The Labute approximate surface area is 108 Å². The monoisotopic (exact) mass is 286 g/mol. The number of hydrogen-bond donors (Lipinski definition) is 1. The van der Waals surface area contributed by atoms with Crippen LogP contribution in [0.1, 0.15) is 52.2 Å². The Hall–Kier alpha value is -0.340. The predicted octanol–water partition coefficient (Wildman–Crippen LogP) is 4.66. The lowest BCUT2D eigenvalue weighted by atomic mass is 9.88. The molecule has 0 heterocycles. The van der Waals surface area contributed by atoms with E-state index in [1.165, 1.54) is 5.56 Å². The molecule has 1 aromatic rings. The Morgan fingerprint density at radius 2 is 1.81 bits per heavy atom. The first-order valence-corrected chi connectivity index (χ1v) is 6.81. The van der Waals surface area contributed by atoms with E-state index in [2.05, 4.69) is 28.9 Å². The van der Waals surface area contributed by atoms with Gasteiger partial charge in [-0.1, -0.05) is 49.7 Å². The Balaban J connectivity index is 0.00000106. The fourth-order valence-electron chi connectivity index (χ4n) is 1.55. The van der Waals surface area contributed by atoms with Gasteiger partial charge in [-0.15, -0.1) is 0 Å². The summed E-state index contributed by atoms with van der Waals surface area (Å²) in [6, 6.07) is 6.11. The van der Waals surface area contributed by atoms with E-state index in [1.54, 1.807) is 0 Å². The van der Waals surface area contributed by atoms with Crippen LogP contribution in [0.2, 0.25) is 0 Å². The molecule has 0 aliphatic rings. The minimum absolute atomic E-state index is 0.713. The van der Waals surface area contributed by atoms with Crippen molar-refractivity contribution in [2.24, 2.45) is 0 Å². The fraction of sp³-hybridized carbons (Fsp3) is 0.571. The van der Waals surface area contributed by atoms with Gasteiger partial charge in [-0.25, -0.2) is 0 Å². The summed E-state index contributed by atoms with van der Waals surface area (Å²) in [4.78, 5) is 0. The minimum Gasteiger partial charge on any atom is -0.385 e. The molecule has 1 atom stereocenters. The smallest absolute Gasteiger partial charge is 0.0869 e. The van der Waals surface area contributed by atoms with Crippen molar-refractivity contribution in [2.75, 3.05) is 0 Å². The third-order valence-electron chi connectivity index (χ3n) is 2.72. The van der Waals surface area contributed by atoms with E-state index in [-0.39, 0.29) is 0 Å². The minimum atomic E-state index is -0.713. The standard InChI is InChI=1S/C12H17BrO.C2H6/c1-4-9-6-7-10(13)8-11(9)12(3,14)5-2;1-2/h6-8,14H,4-5H2,1-3H3;1-2H3. The van der Waals surface area contributed by atoms with Crippen molar-refractivity contribution < 1.29 is 5.11 Å². The molecule has 0 bridgehead atoms. The summed E-state index contributed by atoms with van der Waals surface area (Å²) in [6.45, 7) is 9.98. The molecule has 16 heavy (non-hydrogen) atoms. The summed E-state index contributed by atoms with van der Waals surface area (Å²) < 4.78 is 1.03. The van der Waals surface area contributed by atoms with Crippen molar-refractivity contribution in [2.45, 2.75) is 53.1 Å². The number of aliphatic hydroxyl groups is 1. The maximum absolute atomic E-state index is 10.2. The van der Waals surface area contributed by atoms with Crippen LogP contribution >= 0.6 is 15.9 Å². The number of aryl methyl sites for hydroxylation is 1. The van der Waals surface area contributed by atoms with Crippen molar-refractivity contribution in [3.63, 3.8) is 0 Å². The van der Waals surface area contributed by atoms with Gasteiger partial charge in [-0.05, 0) is 43.0 Å². The highest BCUT2D eigenvalue weighted by atomic mass is 79.9. The van der Waals surface area contributed by atoms with E-state index in [4.69, 9.17) is 0 Å². The zero-order valence-corrected chi connectivity index (χ0v) is 12.6. The Bertz CT molecular complexity index is 319. The van der Waals surface area contributed by atoms with Crippen molar-refractivity contribution in [3.05, 3.63) is 33.8 Å². The van der Waals surface area contributed by atoms with Crippen molar-refractivity contribution in [1.82, 2.24) is 0 Å². The van der Waals surface area contributed by atoms with Crippen LogP contribution in [0.15, 0.2) is 22.7 Å². The van der Waals surface area contributed by atoms with Crippen LogP contribution in [0.4, 0.5) is 0 Å². The maximum Gasteiger partial charge on any atom is 0.0869 e. The Kier molecular flexibility index (Phi) is 6.93. The molecular weight excluding hydrogens is 264 g/mol. The summed E-state index contributed by atoms with van der Waals surface area (Å²) in [5.74, 6) is 0. The van der Waals surface area contributed by atoms with Gasteiger partial charge in [0.25, 0.3) is 0 Å². The lowest BCUT2D eigenvalue weighted by Gasteiger charge is -2.25. The van der Waals surface area contributed by atoms with Gasteiger partial charge >= 0.3 is 0 Å². The molecule has 1 nitrogen and oxygen atoms in total. The average molecular weight is 287 g/mol. The zero-order valence-electron chi connectivity index (χ0n) is 11.0. The van der Waals surface area contributed by atoms with E-state index in [9.17, 15) is 5.11 Å². The summed E-state index contributed by atoms with van der Waals surface area (Å²) in [5.41, 5.74) is 1.55. The third-order valence-corrected chi connectivity index (χ3v) is 3.21. The molecule has 0 aliphatic carbocycles. The quantitative estimate of drug-likeness (QED) is 0.857. The molecule has 2 heteroatoms. The van der Waals surface area contributed by atoms with Crippen molar-refractivity contribution in [1.29, 1.82) is 0 Å². The summed E-state index contributed by atoms with van der Waals surface area (Å²) >= 11 is 3.44. The second-order valence-electron chi connectivity index (χ2n) is 3.78. The molecule has 1 N–H and O–H groups in total. The van der Waals surface area contributed by atoms with Crippen molar-refractivity contribution >= 4 is 15.9 Å². The van der Waals surface area contributed by atoms with Gasteiger partial charge in [0, 0.05) is 4.47 Å². The Morgan fingerprint density at radius 3 is 2.25 bits per heavy atom. The van der Waals surface area contributed by atoms with Crippen LogP contribution in [0.25, 0.3) is 0 Å². The first-order chi connectivity index (χ1) is 7.51. The molecule has 0 fully saturated rings. The number of rotatable bonds is 3. The van der Waals surface area contributed by atoms with Crippen LogP contribution < -0.4 is 0 Å². The molecule has 0 aliphatic heterocycles. The number of hydrogen-bond acceptors (Lipinski definition) is 1. The van der Waals surface area contributed by atoms with Crippen LogP contribution in [0.3, 0.4) is 0 Å². The largest absolute Gasteiger partial charge is 0.385 e. The Morgan fingerprint density at radius 1 is 1.25 bits per heavy atom. The molecule has 1 rings (SSSR count). The topological polar surface area (TPSA) is 20.2 Å². The highest BCUT2D eigenvalue weighted by molar-refractivity contribution is 9.10. The van der Waals surface area contributed by atoms with E-state index in [0.29, 0.717) is 0 Å². The predicted molar refractivity (Wildman–Crippen MR) is 74.7 cm³/mol. The number of halogens is 1. The van der Waals surface area contributed by atoms with Gasteiger partial charge in [0.2, 0.25) is 0 Å². The second-order valence-corrected chi connectivity index (χ2v) is 4.70. The van der Waals surface area contributed by atoms with Gasteiger partial charge in [-0.3, -0.25) is 0 Å². The van der Waals surface area contributed by atoms with Crippen LogP contribution in [-0.4, -0.2) is 5.11 Å². The summed E-state index contributed by atoms with van der Waals surface area (Å²) in [7, 11) is 0. The molecule has 0 saturated heterocycles. The normalized spacial score (nSPS) is 13.7. The highest BCUT2D eigenvalue weighted by Gasteiger charge is 2.23. The van der Waals surface area contributed by atoms with Gasteiger partial charge in [0.05, 0.1) is 5.60 Å². The van der Waals surface area contributed by atoms with Crippen LogP contribution in [0, 0.1) is 0 Å². The van der Waals surface area contributed by atoms with E-state index >= 15 is 0 Å². The van der Waals surface area contributed by atoms with E-state index in [0.717, 1.165) is 22.9 Å². The molecule has 0 spiro atoms. The molecule has 0 saturated carbocycles. The summed E-state index contributed by atoms with van der Waals surface area (Å²) in [5, 5.41) is 10.2. The van der Waals surface area contributed by atoms with Gasteiger partial charge in [0.1, 0.15) is 0 Å². The lowest BCUT2D eigenvalue weighted by molar-refractivity contribution is 0.0521. The molecule has 0 radical (unpaired) electrons. The molecular formula is C14H23BrO. The SMILES string of the molecule is CC.CCc1ccc(Br)cc1C(C)(O)CC. The fourth-order valence-corrected chi connectivity index (χ4v) is 1.91. The number of benzene rings is 1. The first kappa shape index (κ1) is 15.7. The van der Waals surface area contributed by atoms with Gasteiger partial charge in [-0.2, -0.15) is 0 Å². The van der Waals surface area contributed by atoms with Gasteiger partial charge in [0.15, 0.2) is 0 Å². The lowest BCUT2D eigenvalue weighted by Crippen LogP contribution is -2.21. The van der Waals surface area contributed by atoms with Gasteiger partial charge < -0.3 is 5.11 Å². The van der Waals surface area contributed by atoms with E-state index in [1.807, 2.05) is 39.8 Å².